The van der Waals surface area contributed by atoms with Gasteiger partial charge in [0.2, 0.25) is 0 Å². The van der Waals surface area contributed by atoms with E-state index >= 15 is 0 Å². The molecule has 3 rings (SSSR count). The van der Waals surface area contributed by atoms with Crippen LogP contribution >= 0.6 is 0 Å². The van der Waals surface area contributed by atoms with Crippen LogP contribution in [0.1, 0.15) is 22.8 Å². The van der Waals surface area contributed by atoms with E-state index in [9.17, 15) is 4.79 Å². The molecule has 24 heavy (non-hydrogen) atoms. The lowest BCUT2D eigenvalue weighted by Crippen LogP contribution is -2.33. The topological polar surface area (TPSA) is 62.4 Å². The molecule has 126 valence electrons. The number of benzene rings is 2. The van der Waals surface area contributed by atoms with Gasteiger partial charge < -0.3 is 20.7 Å². The molecule has 0 spiro atoms. The highest BCUT2D eigenvalue weighted by atomic mass is 16.5. The second-order valence-electron chi connectivity index (χ2n) is 5.98. The van der Waals surface area contributed by atoms with E-state index in [1.54, 1.807) is 0 Å². The molecule has 1 aliphatic rings. The van der Waals surface area contributed by atoms with E-state index in [0.717, 1.165) is 36.5 Å². The molecule has 0 radical (unpaired) electrons. The first kappa shape index (κ1) is 16.5. The maximum atomic E-state index is 12.0. The van der Waals surface area contributed by atoms with Crippen LogP contribution in [-0.2, 0) is 11.3 Å². The number of carbonyl (C=O) groups is 1. The number of nitrogens with one attached hydrogen (secondary N) is 3. The molecule has 1 atom stereocenters. The van der Waals surface area contributed by atoms with Crippen molar-refractivity contribution in [3.8, 4) is 0 Å². The van der Waals surface area contributed by atoms with Crippen molar-refractivity contribution in [1.29, 1.82) is 0 Å². The Kier molecular flexibility index (Phi) is 5.46. The lowest BCUT2D eigenvalue weighted by molar-refractivity contribution is 0.0277. The predicted molar refractivity (Wildman–Crippen MR) is 95.0 cm³/mol. The molecular weight excluding hydrogens is 302 g/mol. The minimum atomic E-state index is -0.209. The number of carbonyl (C=O) groups excluding carboxylic acids is 1. The van der Waals surface area contributed by atoms with Gasteiger partial charge in [-0.15, -0.1) is 0 Å². The Bertz CT molecular complexity index is 662. The molecule has 2 aromatic rings. The Morgan fingerprint density at radius 3 is 2.58 bits per heavy atom. The summed E-state index contributed by atoms with van der Waals surface area (Å²) in [6, 6.07) is 15.7. The number of ether oxygens (including phenoxy) is 1. The second-order valence-corrected chi connectivity index (χ2v) is 5.98. The largest absolute Gasteiger partial charge is 0.371 e. The van der Waals surface area contributed by atoms with Crippen LogP contribution in [0.25, 0.3) is 0 Å². The average Bonchev–Trinajstić information content (AvgIpc) is 2.63. The molecule has 3 N–H and O–H groups in total. The predicted octanol–water partition coefficient (Wildman–Crippen LogP) is 2.98. The van der Waals surface area contributed by atoms with Gasteiger partial charge in [0, 0.05) is 25.3 Å². The third-order valence-corrected chi connectivity index (χ3v) is 4.04. The third kappa shape index (κ3) is 4.57. The molecule has 2 amide bonds. The quantitative estimate of drug-likeness (QED) is 0.810. The molecule has 5 nitrogen and oxygen atoms in total. The molecule has 1 fully saturated rings. The molecule has 1 heterocycles. The molecule has 5 heteroatoms. The highest BCUT2D eigenvalue weighted by Crippen LogP contribution is 2.20. The van der Waals surface area contributed by atoms with Gasteiger partial charge in [0.25, 0.3) is 0 Å². The van der Waals surface area contributed by atoms with Gasteiger partial charge in [-0.05, 0) is 30.2 Å². The van der Waals surface area contributed by atoms with Gasteiger partial charge >= 0.3 is 6.03 Å². The zero-order valence-corrected chi connectivity index (χ0v) is 13.8. The van der Waals surface area contributed by atoms with Gasteiger partial charge in [-0.25, -0.2) is 4.79 Å². The number of anilines is 1. The van der Waals surface area contributed by atoms with E-state index in [1.807, 2.05) is 55.5 Å². The van der Waals surface area contributed by atoms with Crippen molar-refractivity contribution < 1.29 is 9.53 Å². The summed E-state index contributed by atoms with van der Waals surface area (Å²) in [6.45, 7) is 5.00. The monoisotopic (exact) mass is 325 g/mol. The Balaban J connectivity index is 1.49. The van der Waals surface area contributed by atoms with Crippen molar-refractivity contribution in [3.63, 3.8) is 0 Å². The number of aryl methyl sites for hydroxylation is 1. The van der Waals surface area contributed by atoms with Gasteiger partial charge in [0.1, 0.15) is 0 Å². The van der Waals surface area contributed by atoms with Crippen molar-refractivity contribution >= 4 is 11.7 Å². The summed E-state index contributed by atoms with van der Waals surface area (Å²) >= 11 is 0. The van der Waals surface area contributed by atoms with Crippen LogP contribution in [0, 0.1) is 6.92 Å². The van der Waals surface area contributed by atoms with Crippen LogP contribution in [0.15, 0.2) is 48.5 Å². The summed E-state index contributed by atoms with van der Waals surface area (Å²) in [7, 11) is 0. The first-order chi connectivity index (χ1) is 11.7. The van der Waals surface area contributed by atoms with Crippen LogP contribution in [0.2, 0.25) is 0 Å². The number of urea groups is 1. The first-order valence-electron chi connectivity index (χ1n) is 8.23. The second kappa shape index (κ2) is 7.95. The van der Waals surface area contributed by atoms with E-state index in [-0.39, 0.29) is 12.1 Å². The fraction of sp³-hybridized carbons (Fsp3) is 0.316. The van der Waals surface area contributed by atoms with E-state index in [1.165, 1.54) is 5.56 Å². The molecule has 0 saturated carbocycles. The van der Waals surface area contributed by atoms with Gasteiger partial charge in [-0.3, -0.25) is 0 Å². The lowest BCUT2D eigenvalue weighted by Gasteiger charge is -2.24. The van der Waals surface area contributed by atoms with E-state index in [0.29, 0.717) is 6.54 Å². The van der Waals surface area contributed by atoms with Crippen LogP contribution in [-0.4, -0.2) is 25.7 Å². The van der Waals surface area contributed by atoms with Crippen LogP contribution in [0.4, 0.5) is 10.5 Å². The molecule has 1 aliphatic heterocycles. The maximum absolute atomic E-state index is 12.0. The molecule has 1 saturated heterocycles. The summed E-state index contributed by atoms with van der Waals surface area (Å²) in [6.07, 6.45) is 0.0863. The minimum Gasteiger partial charge on any atom is -0.371 e. The van der Waals surface area contributed by atoms with Crippen LogP contribution < -0.4 is 16.0 Å². The Labute approximate surface area is 142 Å². The molecule has 0 unspecified atom stereocenters. The zero-order chi connectivity index (χ0) is 16.8. The maximum Gasteiger partial charge on any atom is 0.319 e. The van der Waals surface area contributed by atoms with Gasteiger partial charge in [-0.2, -0.15) is 0 Å². The van der Waals surface area contributed by atoms with Crippen LogP contribution in [0.5, 0.6) is 0 Å². The normalized spacial score (nSPS) is 17.3. The third-order valence-electron chi connectivity index (χ3n) is 4.04. The molecule has 0 aromatic heterocycles. The zero-order valence-electron chi connectivity index (χ0n) is 13.8. The summed E-state index contributed by atoms with van der Waals surface area (Å²) in [5.74, 6) is 0. The van der Waals surface area contributed by atoms with E-state index in [2.05, 4.69) is 16.0 Å². The fourth-order valence-electron chi connectivity index (χ4n) is 2.62. The summed E-state index contributed by atoms with van der Waals surface area (Å²) in [5.41, 5.74) is 4.17. The van der Waals surface area contributed by atoms with Gasteiger partial charge in [-0.1, -0.05) is 42.0 Å². The van der Waals surface area contributed by atoms with Crippen LogP contribution in [0.3, 0.4) is 0 Å². The standard InChI is InChI=1S/C19H23N3O2/c1-14-2-4-15(5-3-14)12-21-19(23)22-17-8-6-16(7-9-17)18-13-20-10-11-24-18/h2-9,18,20H,10-13H2,1H3,(H2,21,22,23)/t18-/m1/s1. The molecule has 2 aromatic carbocycles. The van der Waals surface area contributed by atoms with E-state index < -0.39 is 0 Å². The highest BCUT2D eigenvalue weighted by Gasteiger charge is 2.15. The van der Waals surface area contributed by atoms with Gasteiger partial charge in [0.15, 0.2) is 0 Å². The highest BCUT2D eigenvalue weighted by molar-refractivity contribution is 5.89. The number of morpholine rings is 1. The Morgan fingerprint density at radius 1 is 1.17 bits per heavy atom. The number of hydrogen-bond acceptors (Lipinski definition) is 3. The minimum absolute atomic E-state index is 0.0863. The first-order valence-corrected chi connectivity index (χ1v) is 8.23. The number of hydrogen-bond donors (Lipinski definition) is 3. The summed E-state index contributed by atoms with van der Waals surface area (Å²) in [5, 5.41) is 9.02. The summed E-state index contributed by atoms with van der Waals surface area (Å²) < 4.78 is 5.72. The molecule has 0 aliphatic carbocycles. The van der Waals surface area contributed by atoms with Crippen molar-refractivity contribution in [3.05, 3.63) is 65.2 Å². The Morgan fingerprint density at radius 2 is 1.92 bits per heavy atom. The van der Waals surface area contributed by atoms with Crippen molar-refractivity contribution in [2.45, 2.75) is 19.6 Å². The molecule has 0 bridgehead atoms. The van der Waals surface area contributed by atoms with Crippen molar-refractivity contribution in [1.82, 2.24) is 10.6 Å². The fourth-order valence-corrected chi connectivity index (χ4v) is 2.62. The number of rotatable bonds is 4. The SMILES string of the molecule is Cc1ccc(CNC(=O)Nc2ccc([C@H]3CNCCO3)cc2)cc1. The van der Waals surface area contributed by atoms with Crippen molar-refractivity contribution in [2.75, 3.05) is 25.0 Å². The smallest absolute Gasteiger partial charge is 0.319 e. The lowest BCUT2D eigenvalue weighted by atomic mass is 10.1. The number of amides is 2. The van der Waals surface area contributed by atoms with E-state index in [4.69, 9.17) is 4.74 Å². The average molecular weight is 325 g/mol. The summed E-state index contributed by atoms with van der Waals surface area (Å²) in [4.78, 5) is 12.0. The van der Waals surface area contributed by atoms with Gasteiger partial charge in [0.05, 0.1) is 12.7 Å². The Hall–Kier alpha value is -2.37. The molecular formula is C19H23N3O2. The van der Waals surface area contributed by atoms with Crippen molar-refractivity contribution in [2.24, 2.45) is 0 Å².